The van der Waals surface area contributed by atoms with Crippen LogP contribution in [0.3, 0.4) is 0 Å². The summed E-state index contributed by atoms with van der Waals surface area (Å²) in [5, 5.41) is 3.68. The first kappa shape index (κ1) is 15.8. The van der Waals surface area contributed by atoms with Crippen molar-refractivity contribution in [3.8, 4) is 0 Å². The van der Waals surface area contributed by atoms with Crippen LogP contribution in [0.1, 0.15) is 71.1 Å². The minimum absolute atomic E-state index is 0.246. The first-order valence-electron chi connectivity index (χ1n) is 9.43. The van der Waals surface area contributed by atoms with Gasteiger partial charge in [-0.25, -0.2) is 0 Å². The minimum Gasteiger partial charge on any atom is -0.375 e. The molecule has 0 bridgehead atoms. The Labute approximate surface area is 130 Å². The van der Waals surface area contributed by atoms with Gasteiger partial charge in [0.15, 0.2) is 0 Å². The molecule has 2 heterocycles. The first-order valence-corrected chi connectivity index (χ1v) is 9.43. The van der Waals surface area contributed by atoms with E-state index >= 15 is 0 Å². The van der Waals surface area contributed by atoms with Gasteiger partial charge in [-0.15, -0.1) is 0 Å². The van der Waals surface area contributed by atoms with Crippen LogP contribution in [0.5, 0.6) is 0 Å². The monoisotopic (exact) mass is 294 g/mol. The van der Waals surface area contributed by atoms with E-state index < -0.39 is 0 Å². The van der Waals surface area contributed by atoms with Gasteiger partial charge in [0, 0.05) is 25.2 Å². The number of ether oxygens (including phenoxy) is 1. The number of nitrogens with one attached hydrogen (secondary N) is 1. The molecule has 0 aromatic carbocycles. The van der Waals surface area contributed by atoms with E-state index in [0.717, 1.165) is 18.7 Å². The molecule has 2 saturated heterocycles. The van der Waals surface area contributed by atoms with Crippen LogP contribution in [-0.4, -0.2) is 48.8 Å². The van der Waals surface area contributed by atoms with Crippen molar-refractivity contribution in [1.29, 1.82) is 0 Å². The van der Waals surface area contributed by atoms with Gasteiger partial charge in [-0.1, -0.05) is 26.2 Å². The summed E-state index contributed by atoms with van der Waals surface area (Å²) in [6, 6.07) is 1.50. The topological polar surface area (TPSA) is 24.5 Å². The van der Waals surface area contributed by atoms with Crippen molar-refractivity contribution in [2.45, 2.75) is 88.8 Å². The Morgan fingerprint density at radius 1 is 1.14 bits per heavy atom. The molecule has 3 rings (SSSR count). The summed E-state index contributed by atoms with van der Waals surface area (Å²) >= 11 is 0. The van der Waals surface area contributed by atoms with Gasteiger partial charge < -0.3 is 10.1 Å². The predicted octanol–water partition coefficient (Wildman–Crippen LogP) is 3.33. The Balaban J connectivity index is 1.60. The lowest BCUT2D eigenvalue weighted by Crippen LogP contribution is -2.52. The first-order chi connectivity index (χ1) is 10.3. The van der Waals surface area contributed by atoms with E-state index in [4.69, 9.17) is 4.74 Å². The summed E-state index contributed by atoms with van der Waals surface area (Å²) < 4.78 is 6.29. The molecule has 3 nitrogen and oxygen atoms in total. The van der Waals surface area contributed by atoms with Crippen molar-refractivity contribution < 1.29 is 4.74 Å². The number of hydrogen-bond acceptors (Lipinski definition) is 3. The highest BCUT2D eigenvalue weighted by Crippen LogP contribution is 2.40. The molecule has 1 saturated carbocycles. The second kappa shape index (κ2) is 7.43. The Bertz CT molecular complexity index is 303. The normalized spacial score (nSPS) is 32.9. The third kappa shape index (κ3) is 4.00. The molecule has 1 N–H and O–H groups in total. The number of rotatable bonds is 5. The molecule has 3 heteroatoms. The van der Waals surface area contributed by atoms with Crippen LogP contribution in [0, 0.1) is 0 Å². The van der Waals surface area contributed by atoms with Crippen molar-refractivity contribution in [1.82, 2.24) is 10.2 Å². The van der Waals surface area contributed by atoms with Crippen molar-refractivity contribution in [3.05, 3.63) is 0 Å². The van der Waals surface area contributed by atoms with E-state index in [1.165, 1.54) is 83.8 Å². The molecule has 2 atom stereocenters. The Kier molecular flexibility index (Phi) is 5.58. The van der Waals surface area contributed by atoms with Crippen LogP contribution < -0.4 is 5.32 Å². The van der Waals surface area contributed by atoms with Gasteiger partial charge in [-0.2, -0.15) is 0 Å². The standard InChI is InChI=1S/C18H34N2O/c1-2-12-20(15-16-7-6-11-19-16)17-8-13-21-18(14-17)9-4-3-5-10-18/h16-17,19H,2-15H2,1H3. The molecular weight excluding hydrogens is 260 g/mol. The van der Waals surface area contributed by atoms with Crippen LogP contribution in [0.4, 0.5) is 0 Å². The molecule has 3 aliphatic rings. The summed E-state index contributed by atoms with van der Waals surface area (Å²) in [5.41, 5.74) is 0.246. The molecule has 2 unspecified atom stereocenters. The maximum atomic E-state index is 6.29. The van der Waals surface area contributed by atoms with Crippen molar-refractivity contribution >= 4 is 0 Å². The summed E-state index contributed by atoms with van der Waals surface area (Å²) in [4.78, 5) is 2.79. The van der Waals surface area contributed by atoms with Gasteiger partial charge in [0.2, 0.25) is 0 Å². The molecule has 1 aliphatic carbocycles. The molecule has 3 fully saturated rings. The van der Waals surface area contributed by atoms with E-state index in [2.05, 4.69) is 17.1 Å². The summed E-state index contributed by atoms with van der Waals surface area (Å²) in [5.74, 6) is 0. The Morgan fingerprint density at radius 2 is 2.00 bits per heavy atom. The molecule has 122 valence electrons. The molecule has 1 spiro atoms. The van der Waals surface area contributed by atoms with Gasteiger partial charge >= 0.3 is 0 Å². The fraction of sp³-hybridized carbons (Fsp3) is 1.00. The quantitative estimate of drug-likeness (QED) is 0.842. The zero-order chi connectivity index (χ0) is 14.5. The Hall–Kier alpha value is -0.120. The lowest BCUT2D eigenvalue weighted by Gasteiger charge is -2.47. The number of nitrogens with zero attached hydrogens (tertiary/aromatic N) is 1. The summed E-state index contributed by atoms with van der Waals surface area (Å²) in [6.07, 6.45) is 13.3. The fourth-order valence-corrected chi connectivity index (χ4v) is 4.76. The molecular formula is C18H34N2O. The minimum atomic E-state index is 0.246. The molecule has 0 aromatic heterocycles. The van der Waals surface area contributed by atoms with Crippen molar-refractivity contribution in [2.75, 3.05) is 26.2 Å². The number of hydrogen-bond donors (Lipinski definition) is 1. The van der Waals surface area contributed by atoms with Crippen LogP contribution in [0.15, 0.2) is 0 Å². The third-order valence-corrected chi connectivity index (χ3v) is 5.88. The van der Waals surface area contributed by atoms with E-state index in [1.807, 2.05) is 0 Å². The molecule has 21 heavy (non-hydrogen) atoms. The van der Waals surface area contributed by atoms with E-state index in [1.54, 1.807) is 0 Å². The smallest absolute Gasteiger partial charge is 0.0697 e. The predicted molar refractivity (Wildman–Crippen MR) is 87.7 cm³/mol. The molecule has 2 aliphatic heterocycles. The maximum absolute atomic E-state index is 6.29. The molecule has 0 amide bonds. The van der Waals surface area contributed by atoms with Gasteiger partial charge in [0.05, 0.1) is 5.60 Å². The van der Waals surface area contributed by atoms with Crippen LogP contribution in [-0.2, 0) is 4.74 Å². The van der Waals surface area contributed by atoms with Gasteiger partial charge in [0.25, 0.3) is 0 Å². The fourth-order valence-electron chi connectivity index (χ4n) is 4.76. The van der Waals surface area contributed by atoms with Gasteiger partial charge in [0.1, 0.15) is 0 Å². The van der Waals surface area contributed by atoms with E-state index in [9.17, 15) is 0 Å². The van der Waals surface area contributed by atoms with Crippen LogP contribution in [0.2, 0.25) is 0 Å². The summed E-state index contributed by atoms with van der Waals surface area (Å²) in [6.45, 7) is 7.06. The lowest BCUT2D eigenvalue weighted by molar-refractivity contribution is -0.124. The average Bonchev–Trinajstić information content (AvgIpc) is 3.01. The average molecular weight is 294 g/mol. The highest BCUT2D eigenvalue weighted by Gasteiger charge is 2.40. The zero-order valence-corrected chi connectivity index (χ0v) is 13.9. The maximum Gasteiger partial charge on any atom is 0.0697 e. The second-order valence-corrected chi connectivity index (χ2v) is 7.53. The molecule has 0 aromatic rings. The SMILES string of the molecule is CCCN(CC1CCCN1)C1CCOC2(CCCCC2)C1. The van der Waals surface area contributed by atoms with E-state index in [0.29, 0.717) is 0 Å². The van der Waals surface area contributed by atoms with Gasteiger partial charge in [-0.3, -0.25) is 4.90 Å². The van der Waals surface area contributed by atoms with Crippen molar-refractivity contribution in [3.63, 3.8) is 0 Å². The highest BCUT2D eigenvalue weighted by atomic mass is 16.5. The lowest BCUT2D eigenvalue weighted by atomic mass is 9.78. The Morgan fingerprint density at radius 3 is 2.71 bits per heavy atom. The van der Waals surface area contributed by atoms with E-state index in [-0.39, 0.29) is 5.60 Å². The van der Waals surface area contributed by atoms with Crippen LogP contribution in [0.25, 0.3) is 0 Å². The highest BCUT2D eigenvalue weighted by molar-refractivity contribution is 4.94. The van der Waals surface area contributed by atoms with Crippen molar-refractivity contribution in [2.24, 2.45) is 0 Å². The zero-order valence-electron chi connectivity index (χ0n) is 13.9. The third-order valence-electron chi connectivity index (χ3n) is 5.88. The largest absolute Gasteiger partial charge is 0.375 e. The van der Waals surface area contributed by atoms with Gasteiger partial charge in [-0.05, 0) is 58.0 Å². The van der Waals surface area contributed by atoms with Crippen LogP contribution >= 0.6 is 0 Å². The molecule has 0 radical (unpaired) electrons. The summed E-state index contributed by atoms with van der Waals surface area (Å²) in [7, 11) is 0. The second-order valence-electron chi connectivity index (χ2n) is 7.53.